The number of oxazole rings is 1. The normalized spacial score (nSPS) is 19.4. The minimum atomic E-state index is -0.953. The van der Waals surface area contributed by atoms with E-state index >= 15 is 0 Å². The molecule has 1 atom stereocenters. The van der Waals surface area contributed by atoms with Crippen molar-refractivity contribution in [3.63, 3.8) is 0 Å². The van der Waals surface area contributed by atoms with Crippen LogP contribution in [-0.2, 0) is 0 Å². The van der Waals surface area contributed by atoms with Gasteiger partial charge in [-0.15, -0.1) is 0 Å². The Morgan fingerprint density at radius 3 is 3.20 bits per heavy atom. The Kier molecular flexibility index (Phi) is 3.56. The molecule has 0 radical (unpaired) electrons. The number of rotatable bonds is 3. The third kappa shape index (κ3) is 2.47. The molecule has 1 aromatic carbocycles. The summed E-state index contributed by atoms with van der Waals surface area (Å²) in [5, 5.41) is 9.60. The number of aromatic nitrogens is 1. The molecule has 20 heavy (non-hydrogen) atoms. The molecule has 0 aliphatic carbocycles. The van der Waals surface area contributed by atoms with Gasteiger partial charge in [-0.05, 0) is 24.6 Å². The van der Waals surface area contributed by atoms with Crippen LogP contribution in [0.25, 0.3) is 11.1 Å². The molecule has 1 unspecified atom stereocenters. The molecular formula is C14H16N2O3S. The Morgan fingerprint density at radius 2 is 2.45 bits per heavy atom. The Morgan fingerprint density at radius 1 is 1.60 bits per heavy atom. The van der Waals surface area contributed by atoms with Crippen molar-refractivity contribution in [2.45, 2.75) is 18.6 Å². The van der Waals surface area contributed by atoms with Crippen LogP contribution in [-0.4, -0.2) is 40.2 Å². The van der Waals surface area contributed by atoms with Gasteiger partial charge in [0, 0.05) is 24.1 Å². The molecule has 1 fully saturated rings. The van der Waals surface area contributed by atoms with Gasteiger partial charge in [-0.3, -0.25) is 0 Å². The smallest absolute Gasteiger partial charge is 0.335 e. The maximum absolute atomic E-state index is 11.0. The van der Waals surface area contributed by atoms with Gasteiger partial charge in [-0.1, -0.05) is 6.92 Å². The van der Waals surface area contributed by atoms with Crippen LogP contribution in [0.2, 0.25) is 0 Å². The molecule has 1 aromatic heterocycles. The first-order chi connectivity index (χ1) is 9.67. The Hall–Kier alpha value is -1.69. The summed E-state index contributed by atoms with van der Waals surface area (Å²) >= 11 is 1.99. The molecule has 0 spiro atoms. The highest BCUT2D eigenvalue weighted by Crippen LogP contribution is 2.28. The van der Waals surface area contributed by atoms with E-state index in [2.05, 4.69) is 16.8 Å². The SMILES string of the molecule is CCC1CN(c2nc3ccc(C(=O)O)cc3o2)CCS1. The van der Waals surface area contributed by atoms with Crippen molar-refractivity contribution in [3.05, 3.63) is 23.8 Å². The summed E-state index contributed by atoms with van der Waals surface area (Å²) in [6, 6.07) is 5.38. The van der Waals surface area contributed by atoms with Gasteiger partial charge in [0.15, 0.2) is 5.58 Å². The Bertz CT molecular complexity index is 640. The monoisotopic (exact) mass is 292 g/mol. The zero-order valence-electron chi connectivity index (χ0n) is 11.2. The van der Waals surface area contributed by atoms with Gasteiger partial charge in [-0.25, -0.2) is 4.79 Å². The van der Waals surface area contributed by atoms with E-state index in [1.165, 1.54) is 6.07 Å². The molecule has 2 aromatic rings. The second kappa shape index (κ2) is 5.36. The molecule has 1 N–H and O–H groups in total. The molecule has 106 valence electrons. The van der Waals surface area contributed by atoms with E-state index in [4.69, 9.17) is 9.52 Å². The second-order valence-electron chi connectivity index (χ2n) is 4.83. The van der Waals surface area contributed by atoms with E-state index < -0.39 is 5.97 Å². The molecule has 0 amide bonds. The van der Waals surface area contributed by atoms with Crippen molar-refractivity contribution in [2.24, 2.45) is 0 Å². The van der Waals surface area contributed by atoms with Crippen molar-refractivity contribution in [2.75, 3.05) is 23.7 Å². The fraction of sp³-hybridized carbons (Fsp3) is 0.429. The van der Waals surface area contributed by atoms with Crippen LogP contribution in [0.5, 0.6) is 0 Å². The van der Waals surface area contributed by atoms with Gasteiger partial charge in [0.05, 0.1) is 5.56 Å². The summed E-state index contributed by atoms with van der Waals surface area (Å²) < 4.78 is 5.73. The summed E-state index contributed by atoms with van der Waals surface area (Å²) in [5.41, 5.74) is 1.46. The van der Waals surface area contributed by atoms with Crippen LogP contribution in [0.3, 0.4) is 0 Å². The highest BCUT2D eigenvalue weighted by Gasteiger charge is 2.23. The Balaban J connectivity index is 1.90. The van der Waals surface area contributed by atoms with Crippen LogP contribution >= 0.6 is 11.8 Å². The Labute approximate surface area is 121 Å². The van der Waals surface area contributed by atoms with E-state index in [-0.39, 0.29) is 5.56 Å². The van der Waals surface area contributed by atoms with Gasteiger partial charge < -0.3 is 14.4 Å². The average Bonchev–Trinajstić information content (AvgIpc) is 2.90. The fourth-order valence-corrected chi connectivity index (χ4v) is 3.50. The van der Waals surface area contributed by atoms with E-state index in [0.29, 0.717) is 22.4 Å². The van der Waals surface area contributed by atoms with Crippen molar-refractivity contribution in [1.29, 1.82) is 0 Å². The quantitative estimate of drug-likeness (QED) is 0.938. The first kappa shape index (κ1) is 13.3. The summed E-state index contributed by atoms with van der Waals surface area (Å²) in [6.07, 6.45) is 1.13. The molecule has 1 aliphatic rings. The van der Waals surface area contributed by atoms with E-state index in [1.807, 2.05) is 11.8 Å². The zero-order valence-corrected chi connectivity index (χ0v) is 12.0. The van der Waals surface area contributed by atoms with E-state index in [9.17, 15) is 4.79 Å². The van der Waals surface area contributed by atoms with Crippen LogP contribution in [0, 0.1) is 0 Å². The van der Waals surface area contributed by atoms with Gasteiger partial charge >= 0.3 is 5.97 Å². The molecule has 0 bridgehead atoms. The lowest BCUT2D eigenvalue weighted by Crippen LogP contribution is -2.37. The van der Waals surface area contributed by atoms with Crippen LogP contribution in [0.1, 0.15) is 23.7 Å². The molecule has 6 heteroatoms. The number of nitrogens with zero attached hydrogens (tertiary/aromatic N) is 2. The van der Waals surface area contributed by atoms with Gasteiger partial charge in [-0.2, -0.15) is 16.7 Å². The zero-order chi connectivity index (χ0) is 14.1. The van der Waals surface area contributed by atoms with Gasteiger partial charge in [0.25, 0.3) is 6.01 Å². The van der Waals surface area contributed by atoms with Crippen LogP contribution < -0.4 is 4.90 Å². The lowest BCUT2D eigenvalue weighted by atomic mass is 10.2. The summed E-state index contributed by atoms with van der Waals surface area (Å²) in [4.78, 5) is 17.6. The maximum atomic E-state index is 11.0. The van der Waals surface area contributed by atoms with E-state index in [1.54, 1.807) is 12.1 Å². The van der Waals surface area contributed by atoms with E-state index in [0.717, 1.165) is 25.3 Å². The number of benzene rings is 1. The predicted octanol–water partition coefficient (Wildman–Crippen LogP) is 2.86. The molecule has 0 saturated carbocycles. The van der Waals surface area contributed by atoms with Crippen molar-refractivity contribution >= 4 is 34.8 Å². The highest BCUT2D eigenvalue weighted by molar-refractivity contribution is 8.00. The van der Waals surface area contributed by atoms with Crippen molar-refractivity contribution in [1.82, 2.24) is 4.98 Å². The number of fused-ring (bicyclic) bond motifs is 1. The number of hydrogen-bond donors (Lipinski definition) is 1. The number of carboxylic acid groups (broad SMARTS) is 1. The minimum absolute atomic E-state index is 0.223. The molecular weight excluding hydrogens is 276 g/mol. The molecule has 1 saturated heterocycles. The summed E-state index contributed by atoms with van der Waals surface area (Å²) in [6.45, 7) is 4.03. The first-order valence-corrected chi connectivity index (χ1v) is 7.72. The number of carboxylic acids is 1. The molecule has 1 aliphatic heterocycles. The summed E-state index contributed by atoms with van der Waals surface area (Å²) in [5.74, 6) is 0.114. The van der Waals surface area contributed by atoms with Crippen molar-refractivity contribution in [3.8, 4) is 0 Å². The second-order valence-corrected chi connectivity index (χ2v) is 6.24. The number of anilines is 1. The fourth-order valence-electron chi connectivity index (χ4n) is 2.32. The molecule has 5 nitrogen and oxygen atoms in total. The topological polar surface area (TPSA) is 66.6 Å². The minimum Gasteiger partial charge on any atom is -0.478 e. The third-order valence-electron chi connectivity index (χ3n) is 3.49. The largest absolute Gasteiger partial charge is 0.478 e. The first-order valence-electron chi connectivity index (χ1n) is 6.68. The number of thioether (sulfide) groups is 1. The molecule has 3 rings (SSSR count). The van der Waals surface area contributed by atoms with Gasteiger partial charge in [0.1, 0.15) is 5.52 Å². The highest BCUT2D eigenvalue weighted by atomic mass is 32.2. The standard InChI is InChI=1S/C14H16N2O3S/c1-2-10-8-16(5-6-20-10)14-15-11-4-3-9(13(17)18)7-12(11)19-14/h3-4,7,10H,2,5-6,8H2,1H3,(H,17,18). The third-order valence-corrected chi connectivity index (χ3v) is 4.86. The average molecular weight is 292 g/mol. The van der Waals surface area contributed by atoms with Crippen LogP contribution in [0.4, 0.5) is 6.01 Å². The number of carbonyl (C=O) groups is 1. The van der Waals surface area contributed by atoms with Crippen LogP contribution in [0.15, 0.2) is 22.6 Å². The van der Waals surface area contributed by atoms with Crippen molar-refractivity contribution < 1.29 is 14.3 Å². The van der Waals surface area contributed by atoms with Gasteiger partial charge in [0.2, 0.25) is 0 Å². The number of hydrogen-bond acceptors (Lipinski definition) is 5. The summed E-state index contributed by atoms with van der Waals surface area (Å²) in [7, 11) is 0. The lowest BCUT2D eigenvalue weighted by Gasteiger charge is -2.30. The maximum Gasteiger partial charge on any atom is 0.335 e. The lowest BCUT2D eigenvalue weighted by molar-refractivity contribution is 0.0697. The predicted molar refractivity (Wildman–Crippen MR) is 79.7 cm³/mol. The molecule has 2 heterocycles. The number of aromatic carboxylic acids is 1.